The van der Waals surface area contributed by atoms with Gasteiger partial charge in [0, 0.05) is 36.5 Å². The van der Waals surface area contributed by atoms with Gasteiger partial charge in [-0.25, -0.2) is 14.5 Å². The molecule has 3 atom stereocenters. The highest BCUT2D eigenvalue weighted by atomic mass is 16.2. The van der Waals surface area contributed by atoms with Crippen LogP contribution in [0.1, 0.15) is 83.6 Å². The molecule has 7 nitrogen and oxygen atoms in total. The van der Waals surface area contributed by atoms with Gasteiger partial charge in [-0.2, -0.15) is 5.10 Å². The van der Waals surface area contributed by atoms with Crippen molar-refractivity contribution in [3.8, 4) is 0 Å². The Balaban J connectivity index is 1.47. The second-order valence-electron chi connectivity index (χ2n) is 9.13. The largest absolute Gasteiger partial charge is 0.329 e. The molecule has 31 heavy (non-hydrogen) atoms. The summed E-state index contributed by atoms with van der Waals surface area (Å²) in [5.41, 5.74) is 11.6. The van der Waals surface area contributed by atoms with Gasteiger partial charge in [-0.05, 0) is 70.1 Å². The first-order valence-corrected chi connectivity index (χ1v) is 11.4. The summed E-state index contributed by atoms with van der Waals surface area (Å²) < 4.78 is 1.87. The second-order valence-corrected chi connectivity index (χ2v) is 9.13. The van der Waals surface area contributed by atoms with Crippen LogP contribution in [-0.4, -0.2) is 43.0 Å². The number of pyridine rings is 1. The van der Waals surface area contributed by atoms with Crippen LogP contribution in [0.25, 0.3) is 5.65 Å². The zero-order valence-corrected chi connectivity index (χ0v) is 18.3. The Morgan fingerprint density at radius 1 is 1.13 bits per heavy atom. The van der Waals surface area contributed by atoms with E-state index < -0.39 is 0 Å². The number of piperidine rings is 1. The predicted molar refractivity (Wildman–Crippen MR) is 119 cm³/mol. The number of hydrogen-bond acceptors (Lipinski definition) is 5. The number of rotatable bonds is 3. The molecule has 0 spiro atoms. The van der Waals surface area contributed by atoms with Crippen LogP contribution in [0.3, 0.4) is 0 Å². The molecule has 7 heteroatoms. The fourth-order valence-corrected chi connectivity index (χ4v) is 5.17. The van der Waals surface area contributed by atoms with Crippen molar-refractivity contribution in [2.45, 2.75) is 70.4 Å². The first-order chi connectivity index (χ1) is 15.0. The van der Waals surface area contributed by atoms with Crippen molar-refractivity contribution in [1.82, 2.24) is 24.5 Å². The zero-order chi connectivity index (χ0) is 21.5. The van der Waals surface area contributed by atoms with Gasteiger partial charge in [0.25, 0.3) is 5.91 Å². The van der Waals surface area contributed by atoms with Crippen molar-refractivity contribution in [3.63, 3.8) is 0 Å². The van der Waals surface area contributed by atoms with E-state index in [1.165, 1.54) is 0 Å². The molecule has 5 rings (SSSR count). The van der Waals surface area contributed by atoms with E-state index in [0.717, 1.165) is 73.4 Å². The van der Waals surface area contributed by atoms with Crippen LogP contribution in [0.5, 0.6) is 0 Å². The topological polar surface area (TPSA) is 89.4 Å². The van der Waals surface area contributed by atoms with E-state index in [0.29, 0.717) is 11.6 Å². The van der Waals surface area contributed by atoms with Crippen molar-refractivity contribution in [2.24, 2.45) is 5.73 Å². The number of hydrogen-bond donors (Lipinski definition) is 1. The summed E-state index contributed by atoms with van der Waals surface area (Å²) in [6.45, 7) is 4.74. The summed E-state index contributed by atoms with van der Waals surface area (Å²) in [4.78, 5) is 24.6. The third kappa shape index (κ3) is 3.82. The van der Waals surface area contributed by atoms with Crippen LogP contribution < -0.4 is 5.73 Å². The van der Waals surface area contributed by atoms with Gasteiger partial charge >= 0.3 is 0 Å². The van der Waals surface area contributed by atoms with Crippen molar-refractivity contribution in [2.75, 3.05) is 6.54 Å². The minimum atomic E-state index is -0.0473. The molecule has 162 valence electrons. The molecule has 2 N–H and O–H groups in total. The predicted octanol–water partition coefficient (Wildman–Crippen LogP) is 3.70. The molecule has 0 radical (unpaired) electrons. The number of nitrogens with zero attached hydrogens (tertiary/aromatic N) is 5. The fraction of sp³-hybridized carbons (Fsp3) is 0.500. The molecule has 3 unspecified atom stereocenters. The number of aromatic nitrogens is 4. The van der Waals surface area contributed by atoms with E-state index >= 15 is 0 Å². The fourth-order valence-electron chi connectivity index (χ4n) is 5.17. The van der Waals surface area contributed by atoms with Crippen LogP contribution in [0, 0.1) is 13.8 Å². The van der Waals surface area contributed by atoms with Crippen molar-refractivity contribution >= 4 is 11.6 Å². The van der Waals surface area contributed by atoms with Crippen LogP contribution in [0.15, 0.2) is 30.5 Å². The number of fused-ring (bicyclic) bond motifs is 1. The molecular formula is C24H30N6O. The van der Waals surface area contributed by atoms with E-state index in [9.17, 15) is 4.79 Å². The maximum Gasteiger partial charge on any atom is 0.273 e. The summed E-state index contributed by atoms with van der Waals surface area (Å²) in [5, 5.41) is 4.84. The summed E-state index contributed by atoms with van der Waals surface area (Å²) in [6.07, 6.45) is 8.23. The van der Waals surface area contributed by atoms with Crippen molar-refractivity contribution < 1.29 is 4.79 Å². The minimum absolute atomic E-state index is 0.0183. The number of amides is 1. The lowest BCUT2D eigenvalue weighted by atomic mass is 9.98. The van der Waals surface area contributed by atoms with Gasteiger partial charge in [-0.3, -0.25) is 4.79 Å². The second kappa shape index (κ2) is 8.04. The lowest BCUT2D eigenvalue weighted by molar-refractivity contribution is 0.0599. The average Bonchev–Trinajstić information content (AvgIpc) is 3.38. The maximum absolute atomic E-state index is 13.3. The van der Waals surface area contributed by atoms with Gasteiger partial charge in [0.1, 0.15) is 5.69 Å². The Bertz CT molecular complexity index is 1120. The molecule has 2 aliphatic rings. The molecule has 0 bridgehead atoms. The molecule has 4 heterocycles. The molecule has 2 fully saturated rings. The van der Waals surface area contributed by atoms with E-state index in [4.69, 9.17) is 15.8 Å². The van der Waals surface area contributed by atoms with E-state index in [1.807, 2.05) is 28.5 Å². The standard InChI is InChI=1S/C24H30N6O/c1-15-14-30-22(27-23(15)17-9-10-18(25)12-17)13-20(28-30)21-8-3-4-11-29(21)24(31)19-7-5-6-16(2)26-19/h5-7,13-14,17-18,21H,3-4,8-12,25H2,1-2H3. The number of carbonyl (C=O) groups is 1. The SMILES string of the molecule is Cc1cccc(C(=O)N2CCCCC2c2cc3nc(C4CCC(N)C4)c(C)cn3n2)n1. The smallest absolute Gasteiger partial charge is 0.273 e. The van der Waals surface area contributed by atoms with Crippen molar-refractivity contribution in [3.05, 3.63) is 58.8 Å². The van der Waals surface area contributed by atoms with Gasteiger partial charge < -0.3 is 10.6 Å². The lowest BCUT2D eigenvalue weighted by Crippen LogP contribution is -2.39. The van der Waals surface area contributed by atoms with E-state index in [2.05, 4.69) is 24.2 Å². The first kappa shape index (κ1) is 20.1. The summed E-state index contributed by atoms with van der Waals surface area (Å²) in [5.74, 6) is 0.411. The van der Waals surface area contributed by atoms with Crippen molar-refractivity contribution in [1.29, 1.82) is 0 Å². The number of likely N-dealkylation sites (tertiary alicyclic amines) is 1. The summed E-state index contributed by atoms with van der Waals surface area (Å²) in [7, 11) is 0. The molecule has 1 amide bonds. The molecule has 0 aromatic carbocycles. The molecule has 3 aromatic heterocycles. The average molecular weight is 419 g/mol. The Hall–Kier alpha value is -2.80. The number of carbonyl (C=O) groups excluding carboxylic acids is 1. The Kier molecular flexibility index (Phi) is 5.22. The van der Waals surface area contributed by atoms with Gasteiger partial charge in [0.15, 0.2) is 5.65 Å². The highest BCUT2D eigenvalue weighted by molar-refractivity contribution is 5.92. The van der Waals surface area contributed by atoms with Crippen LogP contribution >= 0.6 is 0 Å². The Morgan fingerprint density at radius 2 is 2.00 bits per heavy atom. The highest BCUT2D eigenvalue weighted by Gasteiger charge is 2.32. The zero-order valence-electron chi connectivity index (χ0n) is 18.3. The summed E-state index contributed by atoms with van der Waals surface area (Å²) >= 11 is 0. The van der Waals surface area contributed by atoms with E-state index in [-0.39, 0.29) is 18.0 Å². The highest BCUT2D eigenvalue weighted by Crippen LogP contribution is 2.35. The van der Waals surface area contributed by atoms with Gasteiger partial charge in [0.2, 0.25) is 0 Å². The molecular weight excluding hydrogens is 388 g/mol. The van der Waals surface area contributed by atoms with Crippen LogP contribution in [0.2, 0.25) is 0 Å². The Morgan fingerprint density at radius 3 is 2.77 bits per heavy atom. The third-order valence-corrected chi connectivity index (χ3v) is 6.76. The number of aryl methyl sites for hydroxylation is 2. The molecule has 3 aromatic rings. The molecule has 1 saturated carbocycles. The van der Waals surface area contributed by atoms with E-state index in [1.54, 1.807) is 6.07 Å². The monoisotopic (exact) mass is 418 g/mol. The minimum Gasteiger partial charge on any atom is -0.329 e. The van der Waals surface area contributed by atoms with Crippen LogP contribution in [0.4, 0.5) is 0 Å². The Labute approximate surface area is 182 Å². The quantitative estimate of drug-likeness (QED) is 0.700. The molecule has 1 aliphatic carbocycles. The van der Waals surface area contributed by atoms with Crippen LogP contribution in [-0.2, 0) is 0 Å². The van der Waals surface area contributed by atoms with Gasteiger partial charge in [0.05, 0.1) is 17.4 Å². The normalized spacial score (nSPS) is 24.1. The molecule has 1 aliphatic heterocycles. The lowest BCUT2D eigenvalue weighted by Gasteiger charge is -2.34. The summed E-state index contributed by atoms with van der Waals surface area (Å²) in [6, 6.07) is 7.89. The van der Waals surface area contributed by atoms with Gasteiger partial charge in [-0.15, -0.1) is 0 Å². The molecule has 1 saturated heterocycles. The first-order valence-electron chi connectivity index (χ1n) is 11.4. The third-order valence-electron chi connectivity index (χ3n) is 6.76. The maximum atomic E-state index is 13.3. The van der Waals surface area contributed by atoms with Gasteiger partial charge in [-0.1, -0.05) is 6.07 Å². The number of nitrogens with two attached hydrogens (primary N) is 1.